The zero-order chi connectivity index (χ0) is 14.0. The average Bonchev–Trinajstić information content (AvgIpc) is 2.81. The molecule has 2 rings (SSSR count). The maximum atomic E-state index is 11.9. The molecule has 2 aromatic rings. The van der Waals surface area contributed by atoms with Crippen molar-refractivity contribution in [2.24, 2.45) is 0 Å². The van der Waals surface area contributed by atoms with Gasteiger partial charge in [0.2, 0.25) is 0 Å². The number of rotatable bonds is 4. The molecule has 0 amide bonds. The van der Waals surface area contributed by atoms with Gasteiger partial charge in [0.15, 0.2) is 0 Å². The Morgan fingerprint density at radius 3 is 2.58 bits per heavy atom. The van der Waals surface area contributed by atoms with Crippen molar-refractivity contribution in [3.8, 4) is 0 Å². The number of hydrogen-bond donors (Lipinski definition) is 2. The zero-order valence-corrected chi connectivity index (χ0v) is 10.9. The molecule has 0 atom stereocenters. The van der Waals surface area contributed by atoms with Crippen LogP contribution in [0.15, 0.2) is 46.1 Å². The van der Waals surface area contributed by atoms with Crippen LogP contribution in [0.3, 0.4) is 0 Å². The molecule has 0 saturated heterocycles. The van der Waals surface area contributed by atoms with Gasteiger partial charge in [-0.25, -0.2) is 13.2 Å². The molecule has 0 saturated carbocycles. The molecule has 0 radical (unpaired) electrons. The number of furan rings is 1. The highest BCUT2D eigenvalue weighted by atomic mass is 35.5. The van der Waals surface area contributed by atoms with Crippen molar-refractivity contribution in [3.63, 3.8) is 0 Å². The van der Waals surface area contributed by atoms with Gasteiger partial charge in [-0.3, -0.25) is 4.72 Å². The van der Waals surface area contributed by atoms with Gasteiger partial charge in [-0.05, 0) is 24.3 Å². The smallest absolute Gasteiger partial charge is 0.337 e. The number of sulfonamides is 1. The fraction of sp³-hybridized carbons (Fsp3) is 0. The van der Waals surface area contributed by atoms with Gasteiger partial charge in [0, 0.05) is 0 Å². The van der Waals surface area contributed by atoms with E-state index < -0.39 is 16.0 Å². The first-order valence-electron chi connectivity index (χ1n) is 4.98. The lowest BCUT2D eigenvalue weighted by atomic mass is 10.2. The lowest BCUT2D eigenvalue weighted by molar-refractivity contribution is 0.0697. The quantitative estimate of drug-likeness (QED) is 0.904. The molecule has 0 fully saturated rings. The van der Waals surface area contributed by atoms with Crippen LogP contribution in [0.5, 0.6) is 0 Å². The summed E-state index contributed by atoms with van der Waals surface area (Å²) in [7, 11) is -3.77. The number of carboxylic acid groups (broad SMARTS) is 1. The number of nitrogens with one attached hydrogen (secondary N) is 1. The van der Waals surface area contributed by atoms with Crippen LogP contribution in [0.25, 0.3) is 0 Å². The molecular formula is C11H8ClNO5S. The Bertz CT molecular complexity index is 709. The molecule has 8 heteroatoms. The molecule has 19 heavy (non-hydrogen) atoms. The number of carboxylic acids is 1. The van der Waals surface area contributed by atoms with Gasteiger partial charge in [0.25, 0.3) is 10.0 Å². The fourth-order valence-electron chi connectivity index (χ4n) is 1.37. The Morgan fingerprint density at radius 2 is 2.05 bits per heavy atom. The van der Waals surface area contributed by atoms with Crippen LogP contribution in [0.4, 0.5) is 5.69 Å². The Kier molecular flexibility index (Phi) is 3.50. The highest BCUT2D eigenvalue weighted by molar-refractivity contribution is 7.92. The Labute approximate surface area is 113 Å². The van der Waals surface area contributed by atoms with Crippen molar-refractivity contribution in [1.29, 1.82) is 0 Å². The minimum absolute atomic E-state index is 0.0362. The van der Waals surface area contributed by atoms with Crippen molar-refractivity contribution in [2.45, 2.75) is 4.90 Å². The summed E-state index contributed by atoms with van der Waals surface area (Å²) in [5, 5.41) is 8.75. The molecule has 0 aliphatic heterocycles. The predicted octanol–water partition coefficient (Wildman–Crippen LogP) is 2.43. The van der Waals surface area contributed by atoms with Crippen LogP contribution in [0.1, 0.15) is 10.4 Å². The molecular weight excluding hydrogens is 294 g/mol. The topological polar surface area (TPSA) is 96.6 Å². The second kappa shape index (κ2) is 4.94. The maximum Gasteiger partial charge on any atom is 0.337 e. The second-order valence-electron chi connectivity index (χ2n) is 3.56. The largest absolute Gasteiger partial charge is 0.478 e. The minimum Gasteiger partial charge on any atom is -0.478 e. The van der Waals surface area contributed by atoms with E-state index in [2.05, 4.69) is 9.14 Å². The monoisotopic (exact) mass is 301 g/mol. The standard InChI is InChI=1S/C11H8ClNO5S/c12-10-5-7(1-2-9(10)11(14)15)13-19(16,17)8-3-4-18-6-8/h1-6,13H,(H,14,15). The number of carbonyl (C=O) groups is 1. The van der Waals surface area contributed by atoms with Crippen molar-refractivity contribution < 1.29 is 22.7 Å². The first-order chi connectivity index (χ1) is 8.90. The predicted molar refractivity (Wildman–Crippen MR) is 67.9 cm³/mol. The molecule has 1 aromatic heterocycles. The first-order valence-corrected chi connectivity index (χ1v) is 6.84. The van der Waals surface area contributed by atoms with Crippen LogP contribution in [0, 0.1) is 0 Å². The Morgan fingerprint density at radius 1 is 1.32 bits per heavy atom. The van der Waals surface area contributed by atoms with Crippen LogP contribution in [-0.4, -0.2) is 19.5 Å². The fourth-order valence-corrected chi connectivity index (χ4v) is 2.60. The van der Waals surface area contributed by atoms with E-state index >= 15 is 0 Å². The molecule has 6 nitrogen and oxygen atoms in total. The zero-order valence-electron chi connectivity index (χ0n) is 9.33. The van der Waals surface area contributed by atoms with E-state index in [4.69, 9.17) is 16.7 Å². The number of benzene rings is 1. The SMILES string of the molecule is O=C(O)c1ccc(NS(=O)(=O)c2ccoc2)cc1Cl. The summed E-state index contributed by atoms with van der Waals surface area (Å²) in [4.78, 5) is 10.7. The van der Waals surface area contributed by atoms with E-state index in [1.165, 1.54) is 30.5 Å². The van der Waals surface area contributed by atoms with Crippen molar-refractivity contribution in [3.05, 3.63) is 47.4 Å². The summed E-state index contributed by atoms with van der Waals surface area (Å²) in [6.07, 6.45) is 2.31. The van der Waals surface area contributed by atoms with Gasteiger partial charge < -0.3 is 9.52 Å². The van der Waals surface area contributed by atoms with Crippen molar-refractivity contribution >= 4 is 33.3 Å². The normalized spacial score (nSPS) is 11.2. The summed E-state index contributed by atoms with van der Waals surface area (Å²) in [6.45, 7) is 0. The summed E-state index contributed by atoms with van der Waals surface area (Å²) in [6, 6.07) is 5.04. The number of aromatic carboxylic acids is 1. The molecule has 0 aliphatic rings. The lowest BCUT2D eigenvalue weighted by Gasteiger charge is -2.07. The van der Waals surface area contributed by atoms with Gasteiger partial charge in [0.1, 0.15) is 11.2 Å². The van der Waals surface area contributed by atoms with Gasteiger partial charge in [-0.15, -0.1) is 0 Å². The van der Waals surface area contributed by atoms with Crippen LogP contribution in [0.2, 0.25) is 5.02 Å². The summed E-state index contributed by atoms with van der Waals surface area (Å²) < 4.78 is 30.7. The number of hydrogen-bond acceptors (Lipinski definition) is 4. The maximum absolute atomic E-state index is 11.9. The third-order valence-corrected chi connectivity index (χ3v) is 3.93. The molecule has 0 aliphatic carbocycles. The van der Waals surface area contributed by atoms with E-state index in [1.807, 2.05) is 0 Å². The molecule has 1 aromatic carbocycles. The Balaban J connectivity index is 2.30. The summed E-state index contributed by atoms with van der Waals surface area (Å²) >= 11 is 5.74. The van der Waals surface area contributed by atoms with E-state index in [9.17, 15) is 13.2 Å². The second-order valence-corrected chi connectivity index (χ2v) is 5.65. The molecule has 100 valence electrons. The van der Waals surface area contributed by atoms with E-state index in [-0.39, 0.29) is 21.2 Å². The highest BCUT2D eigenvalue weighted by Crippen LogP contribution is 2.23. The highest BCUT2D eigenvalue weighted by Gasteiger charge is 2.16. The lowest BCUT2D eigenvalue weighted by Crippen LogP contribution is -2.12. The van der Waals surface area contributed by atoms with Crippen LogP contribution in [-0.2, 0) is 10.0 Å². The third kappa shape index (κ3) is 2.88. The Hall–Kier alpha value is -1.99. The summed E-state index contributed by atoms with van der Waals surface area (Å²) in [5.41, 5.74) is 0.0594. The van der Waals surface area contributed by atoms with E-state index in [0.29, 0.717) is 0 Å². The van der Waals surface area contributed by atoms with Crippen molar-refractivity contribution in [2.75, 3.05) is 4.72 Å². The summed E-state index contributed by atoms with van der Waals surface area (Å²) in [5.74, 6) is -1.19. The van der Waals surface area contributed by atoms with Gasteiger partial charge in [0.05, 0.1) is 22.5 Å². The molecule has 0 bridgehead atoms. The molecule has 0 spiro atoms. The van der Waals surface area contributed by atoms with Gasteiger partial charge >= 0.3 is 5.97 Å². The first kappa shape index (κ1) is 13.4. The van der Waals surface area contributed by atoms with Crippen LogP contribution >= 0.6 is 11.6 Å². The third-order valence-electron chi connectivity index (χ3n) is 2.26. The van der Waals surface area contributed by atoms with Crippen molar-refractivity contribution in [1.82, 2.24) is 0 Å². The number of halogens is 1. The minimum atomic E-state index is -3.77. The van der Waals surface area contributed by atoms with E-state index in [0.717, 1.165) is 6.26 Å². The van der Waals surface area contributed by atoms with Crippen LogP contribution < -0.4 is 4.72 Å². The average molecular weight is 302 g/mol. The van der Waals surface area contributed by atoms with Gasteiger partial charge in [-0.2, -0.15) is 0 Å². The molecule has 2 N–H and O–H groups in total. The van der Waals surface area contributed by atoms with Gasteiger partial charge in [-0.1, -0.05) is 11.6 Å². The number of anilines is 1. The van der Waals surface area contributed by atoms with E-state index in [1.54, 1.807) is 0 Å². The molecule has 0 unspecified atom stereocenters. The molecule has 1 heterocycles.